The van der Waals surface area contributed by atoms with Gasteiger partial charge in [-0.15, -0.1) is 0 Å². The Morgan fingerprint density at radius 3 is 2.39 bits per heavy atom. The summed E-state index contributed by atoms with van der Waals surface area (Å²) in [7, 11) is 0. The van der Waals surface area contributed by atoms with Crippen LogP contribution in [0.25, 0.3) is 11.1 Å². The van der Waals surface area contributed by atoms with Gasteiger partial charge in [-0.3, -0.25) is 0 Å². The van der Waals surface area contributed by atoms with Crippen molar-refractivity contribution in [3.63, 3.8) is 0 Å². The van der Waals surface area contributed by atoms with E-state index in [1.807, 2.05) is 17.8 Å². The molecular weight excluding hydrogens is 238 g/mol. The van der Waals surface area contributed by atoms with Gasteiger partial charge >= 0.3 is 0 Å². The van der Waals surface area contributed by atoms with Gasteiger partial charge in [-0.25, -0.2) is 0 Å². The minimum absolute atomic E-state index is 0.587. The first-order valence-corrected chi connectivity index (χ1v) is 7.45. The van der Waals surface area contributed by atoms with Crippen molar-refractivity contribution in [1.29, 1.82) is 0 Å². The zero-order valence-electron chi connectivity index (χ0n) is 10.7. The molecule has 2 aromatic carbocycles. The van der Waals surface area contributed by atoms with E-state index in [2.05, 4.69) is 49.4 Å². The van der Waals surface area contributed by atoms with Crippen molar-refractivity contribution in [2.75, 3.05) is 5.75 Å². The van der Waals surface area contributed by atoms with E-state index in [4.69, 9.17) is 5.73 Å². The molecule has 0 aliphatic carbocycles. The van der Waals surface area contributed by atoms with Crippen LogP contribution in [0.5, 0.6) is 0 Å². The van der Waals surface area contributed by atoms with Crippen LogP contribution in [-0.4, -0.2) is 5.75 Å². The molecule has 2 N–H and O–H groups in total. The Labute approximate surface area is 113 Å². The zero-order chi connectivity index (χ0) is 12.8. The van der Waals surface area contributed by atoms with Crippen molar-refractivity contribution in [2.24, 2.45) is 5.73 Å². The summed E-state index contributed by atoms with van der Waals surface area (Å²) in [4.78, 5) is 0. The maximum atomic E-state index is 5.78. The molecule has 0 amide bonds. The van der Waals surface area contributed by atoms with Gasteiger partial charge < -0.3 is 5.73 Å². The molecule has 0 atom stereocenters. The van der Waals surface area contributed by atoms with Gasteiger partial charge in [0, 0.05) is 12.3 Å². The first-order chi connectivity index (χ1) is 8.85. The summed E-state index contributed by atoms with van der Waals surface area (Å²) in [6.07, 6.45) is 0. The topological polar surface area (TPSA) is 26.0 Å². The molecule has 0 heterocycles. The smallest absolute Gasteiger partial charge is 0.0184 e. The minimum atomic E-state index is 0.587. The lowest BCUT2D eigenvalue weighted by Crippen LogP contribution is -1.98. The van der Waals surface area contributed by atoms with E-state index >= 15 is 0 Å². The zero-order valence-corrected chi connectivity index (χ0v) is 11.5. The quantitative estimate of drug-likeness (QED) is 0.874. The summed E-state index contributed by atoms with van der Waals surface area (Å²) in [5, 5.41) is 0. The molecule has 0 saturated carbocycles. The summed E-state index contributed by atoms with van der Waals surface area (Å²) in [5.74, 6) is 2.26. The van der Waals surface area contributed by atoms with E-state index in [1.165, 1.54) is 22.3 Å². The minimum Gasteiger partial charge on any atom is -0.326 e. The monoisotopic (exact) mass is 257 g/mol. The Balaban J connectivity index is 2.23. The lowest BCUT2D eigenvalue weighted by atomic mass is 9.99. The van der Waals surface area contributed by atoms with Crippen molar-refractivity contribution in [3.05, 3.63) is 59.7 Å². The van der Waals surface area contributed by atoms with Crippen LogP contribution in [0.15, 0.2) is 48.5 Å². The molecule has 2 rings (SSSR count). The second kappa shape index (κ2) is 6.62. The van der Waals surface area contributed by atoms with Crippen LogP contribution in [0.4, 0.5) is 0 Å². The van der Waals surface area contributed by atoms with Crippen molar-refractivity contribution >= 4 is 11.8 Å². The molecule has 0 saturated heterocycles. The van der Waals surface area contributed by atoms with Crippen molar-refractivity contribution in [3.8, 4) is 11.1 Å². The van der Waals surface area contributed by atoms with Gasteiger partial charge in [-0.05, 0) is 28.0 Å². The maximum absolute atomic E-state index is 5.78. The van der Waals surface area contributed by atoms with Gasteiger partial charge in [0.25, 0.3) is 0 Å². The Morgan fingerprint density at radius 2 is 1.72 bits per heavy atom. The van der Waals surface area contributed by atoms with Crippen LogP contribution < -0.4 is 5.73 Å². The van der Waals surface area contributed by atoms with Gasteiger partial charge in [-0.2, -0.15) is 11.8 Å². The number of nitrogens with two attached hydrogens (primary N) is 1. The second-order valence-corrected chi connectivity index (χ2v) is 5.47. The first kappa shape index (κ1) is 13.2. The summed E-state index contributed by atoms with van der Waals surface area (Å²) < 4.78 is 0. The highest BCUT2D eigenvalue weighted by molar-refractivity contribution is 7.98. The van der Waals surface area contributed by atoms with Gasteiger partial charge in [0.05, 0.1) is 0 Å². The van der Waals surface area contributed by atoms with E-state index in [9.17, 15) is 0 Å². The van der Waals surface area contributed by atoms with Crippen LogP contribution in [0.1, 0.15) is 18.1 Å². The van der Waals surface area contributed by atoms with Gasteiger partial charge in [0.2, 0.25) is 0 Å². The normalized spacial score (nSPS) is 10.6. The highest BCUT2D eigenvalue weighted by Crippen LogP contribution is 2.24. The number of thioether (sulfide) groups is 1. The third-order valence-corrected chi connectivity index (χ3v) is 3.92. The van der Waals surface area contributed by atoms with Crippen molar-refractivity contribution in [2.45, 2.75) is 19.2 Å². The fourth-order valence-corrected chi connectivity index (χ4v) is 2.61. The van der Waals surface area contributed by atoms with Crippen LogP contribution in [0.3, 0.4) is 0 Å². The number of hydrogen-bond acceptors (Lipinski definition) is 2. The SMILES string of the molecule is CCSCc1ccc(-c2ccccc2CN)cc1. The molecule has 94 valence electrons. The van der Waals surface area contributed by atoms with E-state index in [-0.39, 0.29) is 0 Å². The van der Waals surface area contributed by atoms with Gasteiger partial charge in [0.1, 0.15) is 0 Å². The van der Waals surface area contributed by atoms with E-state index in [0.717, 1.165) is 11.5 Å². The molecule has 0 fully saturated rings. The third-order valence-electron chi connectivity index (χ3n) is 2.98. The predicted molar refractivity (Wildman–Crippen MR) is 81.6 cm³/mol. The van der Waals surface area contributed by atoms with Gasteiger partial charge in [-0.1, -0.05) is 55.5 Å². The molecule has 2 aromatic rings. The summed E-state index contributed by atoms with van der Waals surface area (Å²) in [5.41, 5.74) is 10.9. The Hall–Kier alpha value is -1.25. The summed E-state index contributed by atoms with van der Waals surface area (Å²) in [6, 6.07) is 17.2. The third kappa shape index (κ3) is 3.15. The highest BCUT2D eigenvalue weighted by atomic mass is 32.2. The highest BCUT2D eigenvalue weighted by Gasteiger charge is 2.02. The molecule has 18 heavy (non-hydrogen) atoms. The molecule has 1 nitrogen and oxygen atoms in total. The molecule has 0 unspecified atom stereocenters. The van der Waals surface area contributed by atoms with Crippen molar-refractivity contribution in [1.82, 2.24) is 0 Å². The average Bonchev–Trinajstić information content (AvgIpc) is 2.45. The largest absolute Gasteiger partial charge is 0.326 e. The Kier molecular flexibility index (Phi) is 4.85. The lowest BCUT2D eigenvalue weighted by molar-refractivity contribution is 1.07. The molecule has 0 bridgehead atoms. The molecule has 0 aliphatic heterocycles. The van der Waals surface area contributed by atoms with Crippen LogP contribution >= 0.6 is 11.8 Å². The average molecular weight is 257 g/mol. The van der Waals surface area contributed by atoms with Crippen LogP contribution in [0.2, 0.25) is 0 Å². The van der Waals surface area contributed by atoms with E-state index in [0.29, 0.717) is 6.54 Å². The first-order valence-electron chi connectivity index (χ1n) is 6.30. The maximum Gasteiger partial charge on any atom is 0.0184 e. The van der Waals surface area contributed by atoms with Crippen molar-refractivity contribution < 1.29 is 0 Å². The van der Waals surface area contributed by atoms with Crippen LogP contribution in [-0.2, 0) is 12.3 Å². The Bertz CT molecular complexity index is 491. The molecule has 0 aromatic heterocycles. The molecule has 2 heteroatoms. The lowest BCUT2D eigenvalue weighted by Gasteiger charge is -2.08. The predicted octanol–water partition coefficient (Wildman–Crippen LogP) is 4.07. The van der Waals surface area contributed by atoms with Crippen LogP contribution in [0, 0.1) is 0 Å². The standard InChI is InChI=1S/C16H19NS/c1-2-18-12-13-7-9-14(10-8-13)16-6-4-3-5-15(16)11-17/h3-10H,2,11-12,17H2,1H3. The molecule has 0 spiro atoms. The van der Waals surface area contributed by atoms with E-state index in [1.54, 1.807) is 0 Å². The molecule has 0 radical (unpaired) electrons. The van der Waals surface area contributed by atoms with E-state index < -0.39 is 0 Å². The number of hydrogen-bond donors (Lipinski definition) is 1. The fraction of sp³-hybridized carbons (Fsp3) is 0.250. The number of rotatable bonds is 5. The fourth-order valence-electron chi connectivity index (χ4n) is 1.98. The molecular formula is C16H19NS. The summed E-state index contributed by atoms with van der Waals surface area (Å²) in [6.45, 7) is 2.78. The Morgan fingerprint density at radius 1 is 1.00 bits per heavy atom. The number of benzene rings is 2. The summed E-state index contributed by atoms with van der Waals surface area (Å²) >= 11 is 1.95. The second-order valence-electron chi connectivity index (χ2n) is 4.20. The van der Waals surface area contributed by atoms with Gasteiger partial charge in [0.15, 0.2) is 0 Å². The molecule has 0 aliphatic rings.